The van der Waals surface area contributed by atoms with Crippen molar-refractivity contribution in [2.24, 2.45) is 0 Å². The Hall–Kier alpha value is -4.73. The number of rotatable bonds is 6. The van der Waals surface area contributed by atoms with Crippen LogP contribution in [0, 0.1) is 0 Å². The molecule has 0 unspecified atom stereocenters. The van der Waals surface area contributed by atoms with Gasteiger partial charge in [-0.2, -0.15) is 4.98 Å². The van der Waals surface area contributed by atoms with E-state index in [-0.39, 0.29) is 5.91 Å². The molecular formula is C25H23N7O3. The summed E-state index contributed by atoms with van der Waals surface area (Å²) < 4.78 is 12.5. The van der Waals surface area contributed by atoms with Crippen molar-refractivity contribution >= 4 is 17.5 Å². The third-order valence-electron chi connectivity index (χ3n) is 5.59. The van der Waals surface area contributed by atoms with Gasteiger partial charge in [-0.05, 0) is 43.3 Å². The normalized spacial score (nSPS) is 14.7. The molecular weight excluding hydrogens is 446 g/mol. The molecule has 4 heterocycles. The maximum Gasteiger partial charge on any atom is 0.255 e. The summed E-state index contributed by atoms with van der Waals surface area (Å²) in [5.41, 5.74) is 3.08. The molecule has 3 aromatic heterocycles. The van der Waals surface area contributed by atoms with Crippen LogP contribution in [0.5, 0.6) is 11.5 Å². The third kappa shape index (κ3) is 4.29. The Kier molecular flexibility index (Phi) is 5.84. The monoisotopic (exact) mass is 469 g/mol. The highest BCUT2D eigenvalue weighted by molar-refractivity contribution is 6.05. The fourth-order valence-electron chi connectivity index (χ4n) is 3.95. The van der Waals surface area contributed by atoms with E-state index in [0.717, 1.165) is 0 Å². The second-order valence-corrected chi connectivity index (χ2v) is 7.82. The average molecular weight is 470 g/mol. The Labute approximate surface area is 201 Å². The lowest BCUT2D eigenvalue weighted by Gasteiger charge is -2.27. The molecule has 10 heteroatoms. The number of hydrogen-bond donors (Lipinski definition) is 2. The molecule has 0 aliphatic carbocycles. The number of benzene rings is 1. The van der Waals surface area contributed by atoms with Crippen LogP contribution in [0.2, 0.25) is 0 Å². The second-order valence-electron chi connectivity index (χ2n) is 7.82. The van der Waals surface area contributed by atoms with Gasteiger partial charge in [0, 0.05) is 29.7 Å². The van der Waals surface area contributed by atoms with E-state index in [1.807, 2.05) is 37.3 Å². The molecule has 1 atom stereocenters. The summed E-state index contributed by atoms with van der Waals surface area (Å²) in [5, 5.41) is 10.9. The van der Waals surface area contributed by atoms with Crippen LogP contribution in [0.3, 0.4) is 0 Å². The Morgan fingerprint density at radius 1 is 1.06 bits per heavy atom. The molecule has 1 aliphatic heterocycles. The molecule has 0 saturated carbocycles. The van der Waals surface area contributed by atoms with Gasteiger partial charge in [-0.25, -0.2) is 4.68 Å². The van der Waals surface area contributed by atoms with E-state index in [2.05, 4.69) is 20.6 Å². The maximum absolute atomic E-state index is 13.5. The van der Waals surface area contributed by atoms with E-state index in [1.54, 1.807) is 55.7 Å². The van der Waals surface area contributed by atoms with E-state index in [1.165, 1.54) is 0 Å². The molecule has 176 valence electrons. The number of methoxy groups -OCH3 is 2. The molecule has 5 rings (SSSR count). The number of carbonyl (C=O) groups is 1. The van der Waals surface area contributed by atoms with Gasteiger partial charge in [-0.15, -0.1) is 5.10 Å². The Morgan fingerprint density at radius 2 is 1.86 bits per heavy atom. The highest BCUT2D eigenvalue weighted by Gasteiger charge is 2.35. The van der Waals surface area contributed by atoms with Gasteiger partial charge in [0.25, 0.3) is 5.91 Å². The summed E-state index contributed by atoms with van der Waals surface area (Å²) in [6.45, 7) is 1.83. The number of pyridine rings is 2. The van der Waals surface area contributed by atoms with Gasteiger partial charge in [-0.1, -0.05) is 6.07 Å². The first-order chi connectivity index (χ1) is 17.1. The summed E-state index contributed by atoms with van der Waals surface area (Å²) in [7, 11) is 3.17. The van der Waals surface area contributed by atoms with Crippen LogP contribution < -0.4 is 20.1 Å². The SMILES string of the molecule is COc1cc(OC)cc(-c2nc3n(n2)[C@H](c2ccccn2)C(C(=O)Nc2cccnc2)=C(C)N3)c1. The lowest BCUT2D eigenvalue weighted by Crippen LogP contribution is -2.32. The summed E-state index contributed by atoms with van der Waals surface area (Å²) in [6.07, 6.45) is 4.93. The Morgan fingerprint density at radius 3 is 2.51 bits per heavy atom. The lowest BCUT2D eigenvalue weighted by molar-refractivity contribution is -0.113. The van der Waals surface area contributed by atoms with Crippen LogP contribution in [0.25, 0.3) is 11.4 Å². The van der Waals surface area contributed by atoms with Crippen LogP contribution in [0.15, 0.2) is 78.4 Å². The molecule has 0 spiro atoms. The summed E-state index contributed by atoms with van der Waals surface area (Å²) in [4.78, 5) is 26.8. The molecule has 0 radical (unpaired) electrons. The van der Waals surface area contributed by atoms with Crippen LogP contribution >= 0.6 is 0 Å². The van der Waals surface area contributed by atoms with Crippen molar-refractivity contribution in [2.45, 2.75) is 13.0 Å². The minimum atomic E-state index is -0.599. The number of amides is 1. The zero-order chi connectivity index (χ0) is 24.4. The first kappa shape index (κ1) is 22.1. The van der Waals surface area contributed by atoms with E-state index in [0.29, 0.717) is 51.5 Å². The smallest absolute Gasteiger partial charge is 0.255 e. The number of allylic oxidation sites excluding steroid dienone is 1. The van der Waals surface area contributed by atoms with Crippen molar-refractivity contribution in [1.29, 1.82) is 0 Å². The van der Waals surface area contributed by atoms with E-state index < -0.39 is 6.04 Å². The second kappa shape index (κ2) is 9.26. The number of hydrogen-bond acceptors (Lipinski definition) is 8. The van der Waals surface area contributed by atoms with E-state index in [9.17, 15) is 4.79 Å². The number of fused-ring (bicyclic) bond motifs is 1. The van der Waals surface area contributed by atoms with Crippen molar-refractivity contribution in [3.8, 4) is 22.9 Å². The number of nitrogens with one attached hydrogen (secondary N) is 2. The lowest BCUT2D eigenvalue weighted by atomic mass is 9.98. The fraction of sp³-hybridized carbons (Fsp3) is 0.160. The first-order valence-corrected chi connectivity index (χ1v) is 10.9. The average Bonchev–Trinajstić information content (AvgIpc) is 3.32. The maximum atomic E-state index is 13.5. The van der Waals surface area contributed by atoms with Gasteiger partial charge in [0.1, 0.15) is 17.5 Å². The van der Waals surface area contributed by atoms with Gasteiger partial charge in [-0.3, -0.25) is 14.8 Å². The minimum Gasteiger partial charge on any atom is -0.497 e. The van der Waals surface area contributed by atoms with Crippen molar-refractivity contribution in [1.82, 2.24) is 24.7 Å². The van der Waals surface area contributed by atoms with Crippen LogP contribution in [-0.4, -0.2) is 44.9 Å². The molecule has 35 heavy (non-hydrogen) atoms. The predicted molar refractivity (Wildman–Crippen MR) is 130 cm³/mol. The summed E-state index contributed by atoms with van der Waals surface area (Å²) >= 11 is 0. The van der Waals surface area contributed by atoms with Crippen LogP contribution in [-0.2, 0) is 4.79 Å². The standard InChI is InChI=1S/C25H23N7O3/c1-15-21(24(33)29-17-7-6-9-26-14-17)22(20-8-4-5-10-27-20)32-25(28-15)30-23(31-32)16-11-18(34-2)13-19(12-16)35-3/h4-14,22H,1-3H3,(H,29,33)(H,28,30,31)/t22-/m1/s1. The highest BCUT2D eigenvalue weighted by atomic mass is 16.5. The Balaban J connectivity index is 1.60. The van der Waals surface area contributed by atoms with Crippen molar-refractivity contribution in [2.75, 3.05) is 24.9 Å². The zero-order valence-electron chi connectivity index (χ0n) is 19.4. The van der Waals surface area contributed by atoms with Gasteiger partial charge >= 0.3 is 0 Å². The fourth-order valence-corrected chi connectivity index (χ4v) is 3.95. The van der Waals surface area contributed by atoms with Gasteiger partial charge in [0.2, 0.25) is 5.95 Å². The molecule has 1 amide bonds. The molecule has 4 aromatic rings. The van der Waals surface area contributed by atoms with E-state index in [4.69, 9.17) is 19.6 Å². The number of nitrogens with zero attached hydrogens (tertiary/aromatic N) is 5. The van der Waals surface area contributed by atoms with Gasteiger partial charge in [0.15, 0.2) is 5.82 Å². The van der Waals surface area contributed by atoms with Crippen molar-refractivity contribution in [3.63, 3.8) is 0 Å². The van der Waals surface area contributed by atoms with Gasteiger partial charge in [0.05, 0.1) is 37.4 Å². The quantitative estimate of drug-likeness (QED) is 0.439. The molecule has 0 bridgehead atoms. The van der Waals surface area contributed by atoms with Crippen LogP contribution in [0.1, 0.15) is 18.7 Å². The number of ether oxygens (including phenoxy) is 2. The number of carbonyl (C=O) groups excluding carboxylic acids is 1. The highest BCUT2D eigenvalue weighted by Crippen LogP contribution is 2.37. The summed E-state index contributed by atoms with van der Waals surface area (Å²) in [6, 6.07) is 13.9. The molecule has 1 aliphatic rings. The number of anilines is 2. The molecule has 0 fully saturated rings. The van der Waals surface area contributed by atoms with E-state index >= 15 is 0 Å². The molecule has 10 nitrogen and oxygen atoms in total. The van der Waals surface area contributed by atoms with Crippen molar-refractivity contribution in [3.05, 3.63) is 84.1 Å². The molecule has 1 aromatic carbocycles. The first-order valence-electron chi connectivity index (χ1n) is 10.9. The topological polar surface area (TPSA) is 116 Å². The molecule has 0 saturated heterocycles. The third-order valence-corrected chi connectivity index (χ3v) is 5.59. The summed E-state index contributed by atoms with van der Waals surface area (Å²) in [5.74, 6) is 1.89. The Bertz CT molecular complexity index is 1380. The van der Waals surface area contributed by atoms with Crippen LogP contribution in [0.4, 0.5) is 11.6 Å². The zero-order valence-corrected chi connectivity index (χ0v) is 19.4. The largest absolute Gasteiger partial charge is 0.497 e. The molecule has 2 N–H and O–H groups in total. The number of aromatic nitrogens is 5. The van der Waals surface area contributed by atoms with Gasteiger partial charge < -0.3 is 20.1 Å². The predicted octanol–water partition coefficient (Wildman–Crippen LogP) is 3.68. The minimum absolute atomic E-state index is 0.288. The van der Waals surface area contributed by atoms with Crippen molar-refractivity contribution < 1.29 is 14.3 Å².